The largest absolute Gasteiger partial charge is 0.464 e. The zero-order valence-corrected chi connectivity index (χ0v) is 28.8. The molecule has 2 aliphatic rings. The molecular formula is C34H40FN6O7P. The number of carbonyl (C=O) groups excluding carboxylic acids is 1. The topological polar surface area (TPSA) is 159 Å². The van der Waals surface area contributed by atoms with Gasteiger partial charge in [-0.1, -0.05) is 63.1 Å². The third kappa shape index (κ3) is 7.41. The molecule has 3 heterocycles. The van der Waals surface area contributed by atoms with Crippen molar-refractivity contribution in [1.82, 2.24) is 24.6 Å². The van der Waals surface area contributed by atoms with Crippen LogP contribution in [0.25, 0.3) is 21.9 Å². The molecule has 1 aliphatic heterocycles. The van der Waals surface area contributed by atoms with E-state index in [-0.39, 0.29) is 29.5 Å². The highest BCUT2D eigenvalue weighted by molar-refractivity contribution is 7.52. The van der Waals surface area contributed by atoms with E-state index in [4.69, 9.17) is 24.9 Å². The van der Waals surface area contributed by atoms with Crippen LogP contribution in [-0.4, -0.2) is 73.8 Å². The number of aliphatic hydroxyl groups excluding tert-OH is 1. The number of benzene rings is 2. The number of carbonyl (C=O) groups is 1. The second kappa shape index (κ2) is 13.3. The summed E-state index contributed by atoms with van der Waals surface area (Å²) < 4.78 is 55.5. The summed E-state index contributed by atoms with van der Waals surface area (Å²) in [6.07, 6.45) is 4.05. The van der Waals surface area contributed by atoms with Crippen LogP contribution in [-0.2, 0) is 23.4 Å². The van der Waals surface area contributed by atoms with E-state index in [0.717, 1.165) is 18.2 Å². The van der Waals surface area contributed by atoms with Crippen LogP contribution in [0.1, 0.15) is 52.6 Å². The Labute approximate surface area is 283 Å². The molecule has 3 N–H and O–H groups in total. The van der Waals surface area contributed by atoms with Crippen LogP contribution in [0.5, 0.6) is 5.75 Å². The summed E-state index contributed by atoms with van der Waals surface area (Å²) in [7, 11) is -4.45. The highest BCUT2D eigenvalue weighted by Crippen LogP contribution is 2.49. The number of nitrogens with zero attached hydrogens (tertiary/aromatic N) is 4. The Morgan fingerprint density at radius 3 is 2.69 bits per heavy atom. The molecule has 15 heteroatoms. The molecule has 0 bridgehead atoms. The molecule has 0 unspecified atom stereocenters. The standard InChI is InChI=1S/C34H40FN6O7P/c1-7-34(35)28(42)26(47-32(34)41-19-36-27-29(39-23-15-16-23)37-21(3)38-30(27)41)17-46-49(44,40-20(2)31(43)45-18-33(4,5)6)48-25-14-10-12-22-11-8-9-13-24(22)25/h1,8-14,19-20,23,26,28,32,42H,15-18H2,2-6H3,(H,40,44)(H,37,38,39)/t20-,26+,28+,32+,34+,49-/m0/s1. The van der Waals surface area contributed by atoms with Gasteiger partial charge in [-0.2, -0.15) is 5.09 Å². The molecule has 2 fully saturated rings. The van der Waals surface area contributed by atoms with Crippen LogP contribution in [0.2, 0.25) is 0 Å². The normalized spacial score (nSPS) is 24.3. The number of hydrogen-bond acceptors (Lipinski definition) is 11. The Balaban J connectivity index is 1.26. The Morgan fingerprint density at radius 2 is 1.98 bits per heavy atom. The summed E-state index contributed by atoms with van der Waals surface area (Å²) in [6.45, 7) is 8.34. The number of terminal acetylenes is 1. The second-order valence-corrected chi connectivity index (χ2v) is 15.3. The molecule has 6 rings (SSSR count). The van der Waals surface area contributed by atoms with Gasteiger partial charge in [0.25, 0.3) is 0 Å². The zero-order valence-electron chi connectivity index (χ0n) is 27.9. The molecule has 260 valence electrons. The van der Waals surface area contributed by atoms with Crippen molar-refractivity contribution in [1.29, 1.82) is 0 Å². The van der Waals surface area contributed by atoms with Crippen LogP contribution in [0.3, 0.4) is 0 Å². The fourth-order valence-corrected chi connectivity index (χ4v) is 6.92. The average Bonchev–Trinajstić information content (AvgIpc) is 3.72. The van der Waals surface area contributed by atoms with Crippen molar-refractivity contribution >= 4 is 41.5 Å². The molecule has 1 aliphatic carbocycles. The third-order valence-electron chi connectivity index (χ3n) is 8.10. The van der Waals surface area contributed by atoms with Gasteiger partial charge in [-0.05, 0) is 43.6 Å². The number of halogens is 1. The summed E-state index contributed by atoms with van der Waals surface area (Å²) in [5.74, 6) is 2.47. The second-order valence-electron chi connectivity index (χ2n) is 13.6. The lowest BCUT2D eigenvalue weighted by molar-refractivity contribution is -0.148. The summed E-state index contributed by atoms with van der Waals surface area (Å²) in [6, 6.07) is 11.6. The van der Waals surface area contributed by atoms with E-state index in [0.29, 0.717) is 22.5 Å². The van der Waals surface area contributed by atoms with Crippen LogP contribution >= 0.6 is 7.75 Å². The van der Waals surface area contributed by atoms with Crippen molar-refractivity contribution in [2.75, 3.05) is 18.5 Å². The maximum Gasteiger partial charge on any atom is 0.459 e. The number of anilines is 1. The van der Waals surface area contributed by atoms with Gasteiger partial charge in [-0.3, -0.25) is 13.9 Å². The molecule has 0 radical (unpaired) electrons. The Kier molecular flexibility index (Phi) is 9.43. The minimum atomic E-state index is -4.45. The highest BCUT2D eigenvalue weighted by Gasteiger charge is 2.58. The Hall–Kier alpha value is -4.12. The maximum atomic E-state index is 16.5. The predicted molar refractivity (Wildman–Crippen MR) is 180 cm³/mol. The Morgan fingerprint density at radius 1 is 1.24 bits per heavy atom. The Bertz CT molecular complexity index is 1950. The molecule has 0 amide bonds. The van der Waals surface area contributed by atoms with E-state index in [2.05, 4.69) is 25.4 Å². The molecule has 13 nitrogen and oxygen atoms in total. The van der Waals surface area contributed by atoms with Gasteiger partial charge in [0, 0.05) is 11.4 Å². The summed E-state index contributed by atoms with van der Waals surface area (Å²) in [5.41, 5.74) is -2.43. The fraction of sp³-hybridized carbons (Fsp3) is 0.471. The number of hydrogen-bond donors (Lipinski definition) is 3. The van der Waals surface area contributed by atoms with Crippen molar-refractivity contribution in [3.63, 3.8) is 0 Å². The van der Waals surface area contributed by atoms with Gasteiger partial charge in [-0.15, -0.1) is 6.42 Å². The van der Waals surface area contributed by atoms with Crippen LogP contribution < -0.4 is 14.9 Å². The summed E-state index contributed by atoms with van der Waals surface area (Å²) in [4.78, 5) is 26.2. The number of esters is 1. The number of aromatic nitrogens is 4. The number of imidazole rings is 1. The molecule has 1 saturated heterocycles. The average molecular weight is 695 g/mol. The lowest BCUT2D eigenvalue weighted by Crippen LogP contribution is -2.42. The number of nitrogens with one attached hydrogen (secondary N) is 2. The molecule has 49 heavy (non-hydrogen) atoms. The number of alkyl halides is 1. The van der Waals surface area contributed by atoms with E-state index >= 15 is 4.39 Å². The number of fused-ring (bicyclic) bond motifs is 2. The molecule has 4 aromatic rings. The van der Waals surface area contributed by atoms with Crippen molar-refractivity contribution in [2.24, 2.45) is 5.41 Å². The van der Waals surface area contributed by atoms with E-state index < -0.39 is 50.5 Å². The van der Waals surface area contributed by atoms with Gasteiger partial charge < -0.3 is 24.4 Å². The van der Waals surface area contributed by atoms with Crippen molar-refractivity contribution in [2.45, 2.75) is 83.6 Å². The number of ether oxygens (including phenoxy) is 2. The number of aliphatic hydroxyl groups is 1. The molecular weight excluding hydrogens is 654 g/mol. The lowest BCUT2D eigenvalue weighted by Gasteiger charge is -2.26. The van der Waals surface area contributed by atoms with Crippen molar-refractivity contribution in [3.05, 3.63) is 54.6 Å². The molecule has 6 atom stereocenters. The summed E-state index contributed by atoms with van der Waals surface area (Å²) in [5, 5.41) is 18.6. The molecule has 2 aromatic heterocycles. The smallest absolute Gasteiger partial charge is 0.459 e. The van der Waals surface area contributed by atoms with E-state index in [1.165, 1.54) is 17.8 Å². The van der Waals surface area contributed by atoms with Gasteiger partial charge in [0.1, 0.15) is 29.8 Å². The van der Waals surface area contributed by atoms with Gasteiger partial charge in [-0.25, -0.2) is 23.9 Å². The van der Waals surface area contributed by atoms with Crippen LogP contribution in [0.15, 0.2) is 48.8 Å². The first-order chi connectivity index (χ1) is 23.2. The molecule has 0 spiro atoms. The quantitative estimate of drug-likeness (QED) is 0.101. The monoisotopic (exact) mass is 694 g/mol. The first-order valence-electron chi connectivity index (χ1n) is 16.0. The van der Waals surface area contributed by atoms with Gasteiger partial charge in [0.2, 0.25) is 5.67 Å². The van der Waals surface area contributed by atoms with Crippen molar-refractivity contribution < 1.29 is 37.4 Å². The predicted octanol–water partition coefficient (Wildman–Crippen LogP) is 5.23. The van der Waals surface area contributed by atoms with Crippen molar-refractivity contribution in [3.8, 4) is 18.1 Å². The van der Waals surface area contributed by atoms with E-state index in [1.54, 1.807) is 31.2 Å². The number of rotatable bonds is 12. The summed E-state index contributed by atoms with van der Waals surface area (Å²) >= 11 is 0. The minimum absolute atomic E-state index is 0.118. The fourth-order valence-electron chi connectivity index (χ4n) is 5.40. The van der Waals surface area contributed by atoms with Gasteiger partial charge in [0.15, 0.2) is 23.2 Å². The van der Waals surface area contributed by atoms with E-state index in [1.807, 2.05) is 44.9 Å². The minimum Gasteiger partial charge on any atom is -0.464 e. The highest BCUT2D eigenvalue weighted by atomic mass is 31.2. The lowest BCUT2D eigenvalue weighted by atomic mass is 9.97. The first-order valence-corrected chi connectivity index (χ1v) is 17.6. The number of aryl methyl sites for hydroxylation is 1. The van der Waals surface area contributed by atoms with Crippen LogP contribution in [0.4, 0.5) is 10.2 Å². The van der Waals surface area contributed by atoms with Gasteiger partial charge >= 0.3 is 13.7 Å². The van der Waals surface area contributed by atoms with E-state index in [9.17, 15) is 14.5 Å². The van der Waals surface area contributed by atoms with Crippen LogP contribution in [0, 0.1) is 24.7 Å². The third-order valence-corrected chi connectivity index (χ3v) is 9.73. The van der Waals surface area contributed by atoms with Gasteiger partial charge in [0.05, 0.1) is 19.5 Å². The molecule has 1 saturated carbocycles. The SMILES string of the molecule is C#C[C@@]1(F)[C@H](O)[C@@H](CO[P@@](=O)(N[C@@H](C)C(=O)OCC(C)(C)C)Oc2cccc3ccccc23)O[C@H]1n1cnc2c(NC3CC3)nc(C)nc21. The zero-order chi connectivity index (χ0) is 35.1. The molecule has 2 aromatic carbocycles. The first kappa shape index (κ1) is 34.7. The maximum absolute atomic E-state index is 16.5.